The Morgan fingerprint density at radius 2 is 1.91 bits per heavy atom. The summed E-state index contributed by atoms with van der Waals surface area (Å²) in [6.45, 7) is 5.02. The molecule has 0 unspecified atom stereocenters. The van der Waals surface area contributed by atoms with Gasteiger partial charge < -0.3 is 15.4 Å². The number of ether oxygens (including phenoxy) is 1. The lowest BCUT2D eigenvalue weighted by Crippen LogP contribution is -2.84. The van der Waals surface area contributed by atoms with E-state index in [9.17, 15) is 4.79 Å². The maximum atomic E-state index is 11.8. The lowest BCUT2D eigenvalue weighted by Gasteiger charge is -2.06. The summed E-state index contributed by atoms with van der Waals surface area (Å²) < 4.78 is 5.41. The molecule has 22 heavy (non-hydrogen) atoms. The molecule has 0 aliphatic rings. The first kappa shape index (κ1) is 16.0. The van der Waals surface area contributed by atoms with Crippen LogP contribution in [0.5, 0.6) is 5.75 Å². The van der Waals surface area contributed by atoms with Crippen LogP contribution in [0.25, 0.3) is 0 Å². The summed E-state index contributed by atoms with van der Waals surface area (Å²) in [6.07, 6.45) is 3.24. The molecular weight excluding hydrogens is 278 g/mol. The van der Waals surface area contributed by atoms with E-state index in [2.05, 4.69) is 27.8 Å². The van der Waals surface area contributed by atoms with E-state index in [1.54, 1.807) is 24.5 Å². The van der Waals surface area contributed by atoms with Crippen LogP contribution < -0.4 is 15.4 Å². The van der Waals surface area contributed by atoms with E-state index in [0.29, 0.717) is 18.7 Å². The fraction of sp³-hybridized carbons (Fsp3) is 0.294. The molecular formula is C17H22N3O2+. The Bertz CT molecular complexity index is 570. The van der Waals surface area contributed by atoms with Crippen molar-refractivity contribution in [2.24, 2.45) is 0 Å². The van der Waals surface area contributed by atoms with Gasteiger partial charge in [0.2, 0.25) is 0 Å². The van der Waals surface area contributed by atoms with Crippen molar-refractivity contribution in [3.8, 4) is 5.75 Å². The van der Waals surface area contributed by atoms with Gasteiger partial charge in [-0.05, 0) is 43.3 Å². The largest absolute Gasteiger partial charge is 0.494 e. The highest BCUT2D eigenvalue weighted by molar-refractivity contribution is 5.93. The second-order valence-corrected chi connectivity index (χ2v) is 4.85. The highest BCUT2D eigenvalue weighted by Crippen LogP contribution is 2.10. The number of nitrogens with zero attached hydrogens (tertiary/aromatic N) is 1. The zero-order chi connectivity index (χ0) is 15.6. The molecule has 2 rings (SSSR count). The molecule has 0 radical (unpaired) electrons. The number of hydrogen-bond acceptors (Lipinski definition) is 3. The van der Waals surface area contributed by atoms with Gasteiger partial charge in [-0.1, -0.05) is 0 Å². The van der Waals surface area contributed by atoms with Crippen LogP contribution in [-0.2, 0) is 6.54 Å². The summed E-state index contributed by atoms with van der Waals surface area (Å²) in [5, 5.41) is 5.06. The molecule has 1 amide bonds. The van der Waals surface area contributed by atoms with Gasteiger partial charge in [-0.15, -0.1) is 0 Å². The molecule has 0 fully saturated rings. The Labute approximate surface area is 130 Å². The third-order valence-electron chi connectivity index (χ3n) is 3.19. The molecule has 116 valence electrons. The predicted octanol–water partition coefficient (Wildman–Crippen LogP) is 0.974. The fourth-order valence-electron chi connectivity index (χ4n) is 2.05. The number of rotatable bonds is 8. The van der Waals surface area contributed by atoms with Crippen LogP contribution in [0, 0.1) is 0 Å². The second kappa shape index (κ2) is 8.79. The van der Waals surface area contributed by atoms with E-state index in [4.69, 9.17) is 4.74 Å². The van der Waals surface area contributed by atoms with Crippen LogP contribution in [0.4, 0.5) is 0 Å². The average molecular weight is 300 g/mol. The molecule has 0 saturated heterocycles. The van der Waals surface area contributed by atoms with Gasteiger partial charge in [-0.3, -0.25) is 9.78 Å². The Morgan fingerprint density at radius 1 is 1.18 bits per heavy atom. The van der Waals surface area contributed by atoms with Gasteiger partial charge in [0.25, 0.3) is 5.91 Å². The summed E-state index contributed by atoms with van der Waals surface area (Å²) in [5.74, 6) is 0.840. The number of hydrogen-bond donors (Lipinski definition) is 2. The first-order chi connectivity index (χ1) is 10.8. The molecule has 2 aromatic rings. The Morgan fingerprint density at radius 3 is 2.59 bits per heavy atom. The monoisotopic (exact) mass is 300 g/mol. The van der Waals surface area contributed by atoms with Crippen molar-refractivity contribution < 1.29 is 14.8 Å². The Kier molecular flexibility index (Phi) is 6.39. The molecule has 0 aliphatic carbocycles. The number of nitrogens with two attached hydrogens (primary N) is 1. The SMILES string of the molecule is CCOc1ccc(C[NH2+]CCNC(=O)c2ccncc2)cc1. The van der Waals surface area contributed by atoms with Gasteiger partial charge >= 0.3 is 0 Å². The number of benzene rings is 1. The standard InChI is InChI=1S/C17H21N3O2/c1-2-22-16-5-3-14(4-6-16)13-19-11-12-20-17(21)15-7-9-18-10-8-15/h3-10,19H,2,11-13H2,1H3,(H,20,21)/p+1. The zero-order valence-electron chi connectivity index (χ0n) is 12.8. The minimum Gasteiger partial charge on any atom is -0.494 e. The number of quaternary nitrogens is 1. The third kappa shape index (κ3) is 5.18. The number of aromatic nitrogens is 1. The number of amides is 1. The topological polar surface area (TPSA) is 67.8 Å². The van der Waals surface area contributed by atoms with E-state index in [-0.39, 0.29) is 5.91 Å². The molecule has 1 heterocycles. The maximum absolute atomic E-state index is 11.8. The molecule has 5 nitrogen and oxygen atoms in total. The molecule has 0 atom stereocenters. The van der Waals surface area contributed by atoms with Gasteiger partial charge in [0.1, 0.15) is 12.3 Å². The summed E-state index contributed by atoms with van der Waals surface area (Å²) in [4.78, 5) is 15.7. The summed E-state index contributed by atoms with van der Waals surface area (Å²) in [6, 6.07) is 11.5. The van der Waals surface area contributed by atoms with Gasteiger partial charge in [-0.2, -0.15) is 0 Å². The van der Waals surface area contributed by atoms with Gasteiger partial charge in [0.05, 0.1) is 19.7 Å². The number of carbonyl (C=O) groups excluding carboxylic acids is 1. The Balaban J connectivity index is 1.64. The van der Waals surface area contributed by atoms with Gasteiger partial charge in [0.15, 0.2) is 0 Å². The van der Waals surface area contributed by atoms with E-state index >= 15 is 0 Å². The van der Waals surface area contributed by atoms with Crippen LogP contribution >= 0.6 is 0 Å². The maximum Gasteiger partial charge on any atom is 0.251 e. The quantitative estimate of drug-likeness (QED) is 0.714. The van der Waals surface area contributed by atoms with Crippen LogP contribution in [0.15, 0.2) is 48.8 Å². The minimum atomic E-state index is -0.0585. The van der Waals surface area contributed by atoms with E-state index in [0.717, 1.165) is 18.8 Å². The van der Waals surface area contributed by atoms with Crippen molar-refractivity contribution in [2.45, 2.75) is 13.5 Å². The van der Waals surface area contributed by atoms with E-state index in [1.165, 1.54) is 5.56 Å². The van der Waals surface area contributed by atoms with Crippen LogP contribution in [-0.4, -0.2) is 30.6 Å². The highest BCUT2D eigenvalue weighted by atomic mass is 16.5. The zero-order valence-corrected chi connectivity index (χ0v) is 12.8. The Hall–Kier alpha value is -2.40. The van der Waals surface area contributed by atoms with Gasteiger partial charge in [0, 0.05) is 23.5 Å². The minimum absolute atomic E-state index is 0.0585. The first-order valence-corrected chi connectivity index (χ1v) is 7.51. The molecule has 0 saturated carbocycles. The molecule has 1 aromatic heterocycles. The number of carbonyl (C=O) groups is 1. The number of nitrogens with one attached hydrogen (secondary N) is 1. The molecule has 5 heteroatoms. The predicted molar refractivity (Wildman–Crippen MR) is 84.7 cm³/mol. The van der Waals surface area contributed by atoms with E-state index < -0.39 is 0 Å². The number of pyridine rings is 1. The van der Waals surface area contributed by atoms with Crippen LogP contribution in [0.3, 0.4) is 0 Å². The molecule has 0 aliphatic heterocycles. The normalized spacial score (nSPS) is 10.2. The lowest BCUT2D eigenvalue weighted by molar-refractivity contribution is -0.668. The van der Waals surface area contributed by atoms with Crippen molar-refractivity contribution in [1.82, 2.24) is 10.3 Å². The van der Waals surface area contributed by atoms with Crippen molar-refractivity contribution in [3.05, 3.63) is 59.9 Å². The summed E-state index contributed by atoms with van der Waals surface area (Å²) >= 11 is 0. The van der Waals surface area contributed by atoms with Crippen molar-refractivity contribution in [3.63, 3.8) is 0 Å². The third-order valence-corrected chi connectivity index (χ3v) is 3.19. The smallest absolute Gasteiger partial charge is 0.251 e. The molecule has 0 bridgehead atoms. The van der Waals surface area contributed by atoms with Crippen molar-refractivity contribution in [1.29, 1.82) is 0 Å². The summed E-state index contributed by atoms with van der Waals surface area (Å²) in [5.41, 5.74) is 1.88. The van der Waals surface area contributed by atoms with E-state index in [1.807, 2.05) is 19.1 Å². The van der Waals surface area contributed by atoms with Crippen LogP contribution in [0.1, 0.15) is 22.8 Å². The molecule has 3 N–H and O–H groups in total. The average Bonchev–Trinajstić information content (AvgIpc) is 2.57. The highest BCUT2D eigenvalue weighted by Gasteiger charge is 2.04. The second-order valence-electron chi connectivity index (χ2n) is 4.85. The van der Waals surface area contributed by atoms with Crippen molar-refractivity contribution >= 4 is 5.91 Å². The summed E-state index contributed by atoms with van der Waals surface area (Å²) in [7, 11) is 0. The first-order valence-electron chi connectivity index (χ1n) is 7.51. The van der Waals surface area contributed by atoms with Gasteiger partial charge in [-0.25, -0.2) is 0 Å². The molecule has 0 spiro atoms. The fourth-order valence-corrected chi connectivity index (χ4v) is 2.05. The van der Waals surface area contributed by atoms with Crippen molar-refractivity contribution in [2.75, 3.05) is 19.7 Å². The molecule has 1 aromatic carbocycles. The van der Waals surface area contributed by atoms with Crippen LogP contribution in [0.2, 0.25) is 0 Å². The lowest BCUT2D eigenvalue weighted by atomic mass is 10.2.